The maximum atomic E-state index is 13.9. The molecule has 0 radical (unpaired) electrons. The number of hydrogen-bond acceptors (Lipinski definition) is 2. The molecule has 3 aromatic rings. The Kier molecular flexibility index (Phi) is 4.61. The molecule has 2 nitrogen and oxygen atoms in total. The Morgan fingerprint density at radius 1 is 0.800 bits per heavy atom. The van der Waals surface area contributed by atoms with Gasteiger partial charge in [0.05, 0.1) is 0 Å². The van der Waals surface area contributed by atoms with Crippen molar-refractivity contribution in [3.63, 3.8) is 0 Å². The summed E-state index contributed by atoms with van der Waals surface area (Å²) >= 11 is 0. The van der Waals surface area contributed by atoms with Crippen LogP contribution in [0.5, 0.6) is 5.75 Å². The first kappa shape index (κ1) is 16.8. The Morgan fingerprint density at radius 3 is 2.32 bits per heavy atom. The molecule has 0 atom stereocenters. The number of phenols is 1. The summed E-state index contributed by atoms with van der Waals surface area (Å²) in [5.41, 5.74) is 0.821. The summed E-state index contributed by atoms with van der Waals surface area (Å²) in [6, 6.07) is 11.5. The van der Waals surface area contributed by atoms with E-state index in [9.17, 15) is 22.7 Å². The Balaban J connectivity index is 1.88. The van der Waals surface area contributed by atoms with Crippen molar-refractivity contribution in [3.8, 4) is 16.9 Å². The van der Waals surface area contributed by atoms with E-state index in [1.165, 1.54) is 30.3 Å². The second-order valence-electron chi connectivity index (χ2n) is 5.47. The van der Waals surface area contributed by atoms with Gasteiger partial charge in [0.1, 0.15) is 23.1 Å². The number of aromatic hydroxyl groups is 1. The Morgan fingerprint density at radius 2 is 1.56 bits per heavy atom. The highest BCUT2D eigenvalue weighted by Crippen LogP contribution is 2.28. The molecule has 128 valence electrons. The van der Waals surface area contributed by atoms with Gasteiger partial charge in [0, 0.05) is 6.54 Å². The number of nitrogens with one attached hydrogen (secondary N) is 1. The maximum absolute atomic E-state index is 13.9. The minimum atomic E-state index is -1.12. The summed E-state index contributed by atoms with van der Waals surface area (Å²) in [6.45, 7) is -0.0859. The van der Waals surface area contributed by atoms with Gasteiger partial charge in [-0.15, -0.1) is 0 Å². The summed E-state index contributed by atoms with van der Waals surface area (Å²) < 4.78 is 54.6. The lowest BCUT2D eigenvalue weighted by molar-refractivity contribution is 0.429. The van der Waals surface area contributed by atoms with Gasteiger partial charge in [0.25, 0.3) is 0 Å². The summed E-state index contributed by atoms with van der Waals surface area (Å²) in [7, 11) is 0. The fraction of sp³-hybridized carbons (Fsp3) is 0.0526. The van der Waals surface area contributed by atoms with Crippen LogP contribution in [0.25, 0.3) is 11.1 Å². The van der Waals surface area contributed by atoms with E-state index in [1.807, 2.05) is 0 Å². The highest BCUT2D eigenvalue weighted by Gasteiger charge is 2.13. The van der Waals surface area contributed by atoms with Gasteiger partial charge in [-0.1, -0.05) is 12.1 Å². The zero-order valence-electron chi connectivity index (χ0n) is 12.9. The summed E-state index contributed by atoms with van der Waals surface area (Å²) in [4.78, 5) is 0. The summed E-state index contributed by atoms with van der Waals surface area (Å²) in [5, 5.41) is 11.8. The molecule has 0 aromatic heterocycles. The second kappa shape index (κ2) is 6.84. The fourth-order valence-corrected chi connectivity index (χ4v) is 2.48. The van der Waals surface area contributed by atoms with Gasteiger partial charge < -0.3 is 10.4 Å². The van der Waals surface area contributed by atoms with Crippen molar-refractivity contribution in [2.45, 2.75) is 6.54 Å². The molecule has 0 aliphatic carbocycles. The van der Waals surface area contributed by atoms with Crippen molar-refractivity contribution in [1.82, 2.24) is 0 Å². The number of rotatable bonds is 4. The standard InChI is InChI=1S/C19H13F4NO/c20-14-3-1-2-12(8-14)13-6-11(7-15(21)9-13)10-24-19-16(22)4-5-17(25)18(19)23/h1-9,24-25H,10H2. The third-order valence-corrected chi connectivity index (χ3v) is 3.66. The number of benzene rings is 3. The average molecular weight is 347 g/mol. The van der Waals surface area contributed by atoms with Crippen molar-refractivity contribution in [3.05, 3.63) is 83.4 Å². The van der Waals surface area contributed by atoms with Crippen LogP contribution in [-0.2, 0) is 6.54 Å². The molecule has 0 aliphatic rings. The van der Waals surface area contributed by atoms with E-state index in [0.29, 0.717) is 16.7 Å². The van der Waals surface area contributed by atoms with Gasteiger partial charge in [-0.05, 0) is 59.2 Å². The van der Waals surface area contributed by atoms with Crippen molar-refractivity contribution in [2.24, 2.45) is 0 Å². The molecule has 25 heavy (non-hydrogen) atoms. The van der Waals surface area contributed by atoms with E-state index in [0.717, 1.165) is 12.1 Å². The smallest absolute Gasteiger partial charge is 0.190 e. The SMILES string of the molecule is Oc1ccc(F)c(NCc2cc(F)cc(-c3cccc(F)c3)c2)c1F. The first-order chi connectivity index (χ1) is 11.9. The van der Waals surface area contributed by atoms with Gasteiger partial charge >= 0.3 is 0 Å². The molecule has 3 rings (SSSR count). The van der Waals surface area contributed by atoms with Crippen LogP contribution >= 0.6 is 0 Å². The number of phenolic OH excluding ortho intramolecular Hbond substituents is 1. The summed E-state index contributed by atoms with van der Waals surface area (Å²) in [6.07, 6.45) is 0. The van der Waals surface area contributed by atoms with Crippen LogP contribution in [0.2, 0.25) is 0 Å². The largest absolute Gasteiger partial charge is 0.505 e. The predicted molar refractivity (Wildman–Crippen MR) is 87.1 cm³/mol. The molecule has 0 saturated heterocycles. The molecule has 0 unspecified atom stereocenters. The molecule has 0 aliphatic heterocycles. The monoisotopic (exact) mass is 347 g/mol. The number of halogens is 4. The summed E-state index contributed by atoms with van der Waals surface area (Å²) in [5.74, 6) is -3.71. The van der Waals surface area contributed by atoms with Crippen LogP contribution in [0.1, 0.15) is 5.56 Å². The first-order valence-corrected chi connectivity index (χ1v) is 7.40. The van der Waals surface area contributed by atoms with Gasteiger partial charge in [-0.2, -0.15) is 0 Å². The van der Waals surface area contributed by atoms with E-state index in [4.69, 9.17) is 0 Å². The molecule has 6 heteroatoms. The van der Waals surface area contributed by atoms with Gasteiger partial charge in [-0.25, -0.2) is 17.6 Å². The van der Waals surface area contributed by atoms with Gasteiger partial charge in [0.15, 0.2) is 11.6 Å². The highest BCUT2D eigenvalue weighted by atomic mass is 19.1. The van der Waals surface area contributed by atoms with Crippen LogP contribution in [0.15, 0.2) is 54.6 Å². The van der Waals surface area contributed by atoms with E-state index in [2.05, 4.69) is 5.32 Å². The minimum Gasteiger partial charge on any atom is -0.505 e. The van der Waals surface area contributed by atoms with Crippen molar-refractivity contribution in [2.75, 3.05) is 5.32 Å². The van der Waals surface area contributed by atoms with E-state index in [-0.39, 0.29) is 6.54 Å². The van der Waals surface area contributed by atoms with Crippen molar-refractivity contribution >= 4 is 5.69 Å². The third kappa shape index (κ3) is 3.74. The molecule has 0 amide bonds. The minimum absolute atomic E-state index is 0.0859. The average Bonchev–Trinajstić information content (AvgIpc) is 2.58. The second-order valence-corrected chi connectivity index (χ2v) is 5.47. The van der Waals surface area contributed by atoms with Crippen molar-refractivity contribution < 1.29 is 22.7 Å². The van der Waals surface area contributed by atoms with E-state index in [1.54, 1.807) is 12.1 Å². The van der Waals surface area contributed by atoms with E-state index >= 15 is 0 Å². The molecule has 0 bridgehead atoms. The maximum Gasteiger partial charge on any atom is 0.190 e. The lowest BCUT2D eigenvalue weighted by atomic mass is 10.0. The highest BCUT2D eigenvalue weighted by molar-refractivity contribution is 5.64. The molecule has 0 saturated carbocycles. The molecule has 0 spiro atoms. The predicted octanol–water partition coefficient (Wildman–Crippen LogP) is 5.23. The molecular weight excluding hydrogens is 334 g/mol. The Bertz CT molecular complexity index is 927. The molecule has 3 aromatic carbocycles. The van der Waals surface area contributed by atoms with Crippen LogP contribution in [0, 0.1) is 23.3 Å². The molecular formula is C19H13F4NO. The van der Waals surface area contributed by atoms with Crippen molar-refractivity contribution in [1.29, 1.82) is 0 Å². The fourth-order valence-electron chi connectivity index (χ4n) is 2.48. The lowest BCUT2D eigenvalue weighted by Crippen LogP contribution is -2.04. The van der Waals surface area contributed by atoms with E-state index < -0.39 is 34.7 Å². The van der Waals surface area contributed by atoms with Crippen LogP contribution < -0.4 is 5.32 Å². The zero-order valence-corrected chi connectivity index (χ0v) is 12.9. The van der Waals surface area contributed by atoms with Gasteiger partial charge in [-0.3, -0.25) is 0 Å². The first-order valence-electron chi connectivity index (χ1n) is 7.40. The van der Waals surface area contributed by atoms with Gasteiger partial charge in [0.2, 0.25) is 0 Å². The number of hydrogen-bond donors (Lipinski definition) is 2. The normalized spacial score (nSPS) is 10.7. The Labute approximate surface area is 141 Å². The molecule has 0 heterocycles. The topological polar surface area (TPSA) is 32.3 Å². The van der Waals surface area contributed by atoms with Crippen LogP contribution in [-0.4, -0.2) is 5.11 Å². The third-order valence-electron chi connectivity index (χ3n) is 3.66. The quantitative estimate of drug-likeness (QED) is 0.634. The molecule has 2 N–H and O–H groups in total. The van der Waals surface area contributed by atoms with Crippen LogP contribution in [0.3, 0.4) is 0 Å². The molecule has 0 fully saturated rings. The number of anilines is 1. The Hall–Kier alpha value is -3.02. The lowest BCUT2D eigenvalue weighted by Gasteiger charge is -2.11. The zero-order chi connectivity index (χ0) is 18.0. The van der Waals surface area contributed by atoms with Crippen LogP contribution in [0.4, 0.5) is 23.2 Å².